The first-order chi connectivity index (χ1) is 15.9. The maximum atomic E-state index is 12.6. The molecule has 0 spiro atoms. The number of benzene rings is 2. The third kappa shape index (κ3) is 5.35. The van der Waals surface area contributed by atoms with E-state index >= 15 is 0 Å². The Bertz CT molecular complexity index is 1300. The van der Waals surface area contributed by atoms with Crippen molar-refractivity contribution in [1.82, 2.24) is 14.5 Å². The molecule has 3 aromatic rings. The average Bonchev–Trinajstić information content (AvgIpc) is 2.82. The molecular weight excluding hydrogens is 462 g/mol. The summed E-state index contributed by atoms with van der Waals surface area (Å²) in [5.74, 6) is -0.276. The third-order valence-corrected chi connectivity index (χ3v) is 5.87. The number of piperidine rings is 1. The highest BCUT2D eigenvalue weighted by atomic mass is 35.5. The second kappa shape index (κ2) is 10.1. The Labute approximate surface area is 200 Å². The number of aromatic nitrogens is 2. The molecule has 2 N–H and O–H groups in total. The van der Waals surface area contributed by atoms with Crippen LogP contribution in [0.2, 0.25) is 5.02 Å². The first kappa shape index (κ1) is 22.8. The second-order valence-corrected chi connectivity index (χ2v) is 8.50. The molecule has 1 aliphatic heterocycles. The van der Waals surface area contributed by atoms with Crippen LogP contribution in [0.15, 0.2) is 65.0 Å². The summed E-state index contributed by atoms with van der Waals surface area (Å²) < 4.78 is 6.87. The van der Waals surface area contributed by atoms with Gasteiger partial charge in [0.1, 0.15) is 12.2 Å². The van der Waals surface area contributed by atoms with Crippen LogP contribution in [-0.2, 0) is 11.3 Å². The molecule has 1 saturated heterocycles. The molecule has 0 saturated carbocycles. The van der Waals surface area contributed by atoms with Gasteiger partial charge in [0.15, 0.2) is 4.77 Å². The number of hydrogen-bond acceptors (Lipinski definition) is 5. The number of ether oxygens (including phenoxy) is 1. The largest absolute Gasteiger partial charge is 0.494 e. The van der Waals surface area contributed by atoms with Crippen molar-refractivity contribution in [1.29, 1.82) is 0 Å². The molecule has 0 aliphatic carbocycles. The summed E-state index contributed by atoms with van der Waals surface area (Å²) in [7, 11) is 0. The van der Waals surface area contributed by atoms with Crippen molar-refractivity contribution >= 4 is 36.0 Å². The fraction of sp³-hybridized carbons (Fsp3) is 0.208. The van der Waals surface area contributed by atoms with Crippen LogP contribution < -0.4 is 5.56 Å². The van der Waals surface area contributed by atoms with Crippen molar-refractivity contribution in [2.75, 3.05) is 13.1 Å². The van der Waals surface area contributed by atoms with Crippen LogP contribution in [0.4, 0.5) is 4.79 Å². The molecule has 1 fully saturated rings. The van der Waals surface area contributed by atoms with Crippen LogP contribution in [0.5, 0.6) is 5.88 Å². The van der Waals surface area contributed by atoms with Crippen LogP contribution in [0.1, 0.15) is 24.0 Å². The lowest BCUT2D eigenvalue weighted by molar-refractivity contribution is 0.0955. The predicted molar refractivity (Wildman–Crippen MR) is 129 cm³/mol. The number of H-pyrrole nitrogens is 1. The zero-order chi connectivity index (χ0) is 23.4. The molecule has 7 nitrogen and oxygen atoms in total. The molecule has 1 aromatic heterocycles. The maximum Gasteiger partial charge on any atom is 0.410 e. The van der Waals surface area contributed by atoms with Gasteiger partial charge in [-0.3, -0.25) is 14.3 Å². The molecular formula is C24H22ClN3O4S. The van der Waals surface area contributed by atoms with Crippen LogP contribution in [0.25, 0.3) is 11.8 Å². The van der Waals surface area contributed by atoms with Crippen molar-refractivity contribution in [2.45, 2.75) is 19.4 Å². The minimum Gasteiger partial charge on any atom is -0.494 e. The lowest BCUT2D eigenvalue weighted by Crippen LogP contribution is -2.37. The number of hydrogen-bond donors (Lipinski definition) is 2. The molecule has 0 bridgehead atoms. The van der Waals surface area contributed by atoms with Crippen molar-refractivity contribution < 1.29 is 14.6 Å². The molecule has 0 atom stereocenters. The molecule has 0 unspecified atom stereocenters. The summed E-state index contributed by atoms with van der Waals surface area (Å²) in [4.78, 5) is 29.3. The van der Waals surface area contributed by atoms with E-state index in [0.717, 1.165) is 17.6 Å². The van der Waals surface area contributed by atoms with Gasteiger partial charge in [0.2, 0.25) is 5.88 Å². The SMILES string of the molecule is O=C(OCc1ccccc1)N1CCCC(=Cc2c(O)n(-c3ccc(Cl)cc3)c(=S)[nH]c2=O)C1. The molecule has 33 heavy (non-hydrogen) atoms. The van der Waals surface area contributed by atoms with Gasteiger partial charge in [0, 0.05) is 18.1 Å². The lowest BCUT2D eigenvalue weighted by atomic mass is 10.0. The Morgan fingerprint density at radius 1 is 1.18 bits per heavy atom. The fourth-order valence-electron chi connectivity index (χ4n) is 3.69. The van der Waals surface area contributed by atoms with E-state index in [0.29, 0.717) is 30.2 Å². The molecule has 9 heteroatoms. The van der Waals surface area contributed by atoms with E-state index in [9.17, 15) is 14.7 Å². The zero-order valence-electron chi connectivity index (χ0n) is 17.7. The minimum atomic E-state index is -0.501. The number of carbonyl (C=O) groups is 1. The van der Waals surface area contributed by atoms with E-state index in [1.165, 1.54) is 4.57 Å². The summed E-state index contributed by atoms with van der Waals surface area (Å²) in [6, 6.07) is 16.2. The second-order valence-electron chi connectivity index (χ2n) is 7.68. The van der Waals surface area contributed by atoms with Gasteiger partial charge in [-0.05, 0) is 66.5 Å². The van der Waals surface area contributed by atoms with Crippen molar-refractivity contribution in [3.05, 3.63) is 91.4 Å². The van der Waals surface area contributed by atoms with Gasteiger partial charge < -0.3 is 14.7 Å². The molecule has 1 amide bonds. The van der Waals surface area contributed by atoms with Gasteiger partial charge >= 0.3 is 6.09 Å². The average molecular weight is 484 g/mol. The molecule has 0 radical (unpaired) electrons. The van der Waals surface area contributed by atoms with E-state index in [2.05, 4.69) is 4.98 Å². The van der Waals surface area contributed by atoms with Crippen LogP contribution in [0, 0.1) is 4.77 Å². The van der Waals surface area contributed by atoms with Gasteiger partial charge in [0.25, 0.3) is 5.56 Å². The number of aromatic hydroxyl groups is 1. The van der Waals surface area contributed by atoms with Crippen LogP contribution in [-0.4, -0.2) is 38.7 Å². The predicted octanol–water partition coefficient (Wildman–Crippen LogP) is 5.07. The van der Waals surface area contributed by atoms with Gasteiger partial charge in [0.05, 0.1) is 5.69 Å². The van der Waals surface area contributed by atoms with E-state index < -0.39 is 11.7 Å². The van der Waals surface area contributed by atoms with Crippen molar-refractivity contribution in [3.63, 3.8) is 0 Å². The highest BCUT2D eigenvalue weighted by Crippen LogP contribution is 2.25. The first-order valence-electron chi connectivity index (χ1n) is 10.4. The maximum absolute atomic E-state index is 12.6. The highest BCUT2D eigenvalue weighted by Gasteiger charge is 2.22. The first-order valence-corrected chi connectivity index (χ1v) is 11.2. The fourth-order valence-corrected chi connectivity index (χ4v) is 4.10. The number of likely N-dealkylation sites (tertiary alicyclic amines) is 1. The van der Waals surface area contributed by atoms with E-state index in [1.54, 1.807) is 35.2 Å². The Hall–Kier alpha value is -3.36. The Morgan fingerprint density at radius 3 is 2.64 bits per heavy atom. The smallest absolute Gasteiger partial charge is 0.410 e. The molecule has 1 aliphatic rings. The number of amides is 1. The molecule has 2 aromatic carbocycles. The number of aromatic amines is 1. The molecule has 4 rings (SSSR count). The Kier molecular flexibility index (Phi) is 6.96. The van der Waals surface area contributed by atoms with E-state index in [4.69, 9.17) is 28.6 Å². The number of carbonyl (C=O) groups excluding carboxylic acids is 1. The van der Waals surface area contributed by atoms with Crippen LogP contribution in [0.3, 0.4) is 0 Å². The van der Waals surface area contributed by atoms with Gasteiger partial charge in [-0.1, -0.05) is 41.9 Å². The summed E-state index contributed by atoms with van der Waals surface area (Å²) >= 11 is 11.2. The highest BCUT2D eigenvalue weighted by molar-refractivity contribution is 7.71. The topological polar surface area (TPSA) is 87.6 Å². The number of nitrogens with one attached hydrogen (secondary N) is 1. The quantitative estimate of drug-likeness (QED) is 0.506. The minimum absolute atomic E-state index is 0.0664. The van der Waals surface area contributed by atoms with Crippen LogP contribution >= 0.6 is 23.8 Å². The van der Waals surface area contributed by atoms with Gasteiger partial charge in [-0.15, -0.1) is 0 Å². The number of rotatable bonds is 4. The Balaban J connectivity index is 1.56. The van der Waals surface area contributed by atoms with Gasteiger partial charge in [-0.25, -0.2) is 4.79 Å². The molecule has 170 valence electrons. The number of nitrogens with zero attached hydrogens (tertiary/aromatic N) is 2. The summed E-state index contributed by atoms with van der Waals surface area (Å²) in [5.41, 5.74) is 1.88. The normalized spacial score (nSPS) is 14.9. The third-order valence-electron chi connectivity index (χ3n) is 5.34. The van der Waals surface area contributed by atoms with E-state index in [-0.39, 0.29) is 22.8 Å². The lowest BCUT2D eigenvalue weighted by Gasteiger charge is -2.28. The zero-order valence-corrected chi connectivity index (χ0v) is 19.2. The van der Waals surface area contributed by atoms with Gasteiger partial charge in [-0.2, -0.15) is 0 Å². The monoisotopic (exact) mass is 483 g/mol. The molecule has 2 heterocycles. The summed E-state index contributed by atoms with van der Waals surface area (Å²) in [6.45, 7) is 1.06. The number of halogens is 1. The Morgan fingerprint density at radius 2 is 1.91 bits per heavy atom. The summed E-state index contributed by atoms with van der Waals surface area (Å²) in [6.07, 6.45) is 2.62. The standard InChI is InChI=1S/C24H22ClN3O4S/c25-18-8-10-19(11-9-18)28-22(30)20(21(29)26-23(28)33)13-17-7-4-12-27(14-17)24(31)32-15-16-5-2-1-3-6-16/h1-3,5-6,8-11,13,30H,4,7,12,14-15H2,(H,26,29,33). The van der Waals surface area contributed by atoms with Crippen molar-refractivity contribution in [2.24, 2.45) is 0 Å². The summed E-state index contributed by atoms with van der Waals surface area (Å²) in [5, 5.41) is 11.4. The van der Waals surface area contributed by atoms with E-state index in [1.807, 2.05) is 30.3 Å². The van der Waals surface area contributed by atoms with Crippen molar-refractivity contribution in [3.8, 4) is 11.6 Å².